The lowest BCUT2D eigenvalue weighted by molar-refractivity contribution is 0.0950. The van der Waals surface area contributed by atoms with E-state index in [9.17, 15) is 4.79 Å². The fourth-order valence-corrected chi connectivity index (χ4v) is 2.39. The second-order valence-electron chi connectivity index (χ2n) is 5.68. The van der Waals surface area contributed by atoms with E-state index in [1.807, 2.05) is 50.2 Å². The molecule has 3 rings (SSSR count). The summed E-state index contributed by atoms with van der Waals surface area (Å²) in [6.45, 7) is 3.84. The third-order valence-corrected chi connectivity index (χ3v) is 4.01. The van der Waals surface area contributed by atoms with E-state index in [1.165, 1.54) is 5.56 Å². The first kappa shape index (κ1) is 16.9. The lowest BCUT2D eigenvalue weighted by Crippen LogP contribution is -2.19. The summed E-state index contributed by atoms with van der Waals surface area (Å²) in [4.78, 5) is 12.2. The van der Waals surface area contributed by atoms with Crippen LogP contribution in [-0.4, -0.2) is 21.8 Å². The van der Waals surface area contributed by atoms with Gasteiger partial charge in [-0.25, -0.2) is 5.43 Å². The molecule has 3 aromatic rings. The summed E-state index contributed by atoms with van der Waals surface area (Å²) in [5, 5.41) is 11.7. The Hall–Kier alpha value is -2.92. The van der Waals surface area contributed by atoms with E-state index < -0.39 is 0 Å². The normalized spacial score (nSPS) is 11.4. The molecule has 0 bridgehead atoms. The molecule has 0 aliphatic carbocycles. The highest BCUT2D eigenvalue weighted by molar-refractivity contribution is 6.30. The first-order chi connectivity index (χ1) is 12.0. The molecule has 0 saturated heterocycles. The number of hydrogen-bond acceptors (Lipinski definition) is 3. The Bertz CT molecular complexity index is 911. The molecule has 5 nitrogen and oxygen atoms in total. The van der Waals surface area contributed by atoms with Gasteiger partial charge in [0.05, 0.1) is 11.4 Å². The predicted molar refractivity (Wildman–Crippen MR) is 99.9 cm³/mol. The van der Waals surface area contributed by atoms with Crippen LogP contribution in [0.5, 0.6) is 0 Å². The zero-order valence-corrected chi connectivity index (χ0v) is 14.6. The number of aromatic amines is 1. The van der Waals surface area contributed by atoms with Crippen molar-refractivity contribution in [3.8, 4) is 11.3 Å². The van der Waals surface area contributed by atoms with E-state index in [-0.39, 0.29) is 5.91 Å². The molecule has 0 aliphatic rings. The largest absolute Gasteiger partial charge is 0.289 e. The Morgan fingerprint density at radius 1 is 1.12 bits per heavy atom. The number of hydrazone groups is 1. The molecular formula is C19H17ClN4O. The van der Waals surface area contributed by atoms with Crippen molar-refractivity contribution in [3.63, 3.8) is 0 Å². The summed E-state index contributed by atoms with van der Waals surface area (Å²) < 4.78 is 0. The Kier molecular flexibility index (Phi) is 4.95. The number of hydrogen-bond donors (Lipinski definition) is 2. The SMILES string of the molecule is C/C(=N/NC(=O)c1cc(-c2ccc(C)cc2)n[nH]1)c1ccc(Cl)cc1. The monoisotopic (exact) mass is 352 g/mol. The molecule has 0 fully saturated rings. The molecule has 0 radical (unpaired) electrons. The summed E-state index contributed by atoms with van der Waals surface area (Å²) >= 11 is 5.86. The van der Waals surface area contributed by atoms with Gasteiger partial charge in [-0.1, -0.05) is 53.6 Å². The van der Waals surface area contributed by atoms with E-state index in [0.717, 1.165) is 11.1 Å². The third kappa shape index (κ3) is 4.14. The van der Waals surface area contributed by atoms with E-state index >= 15 is 0 Å². The number of H-pyrrole nitrogens is 1. The Morgan fingerprint density at radius 2 is 1.80 bits per heavy atom. The van der Waals surface area contributed by atoms with Crippen molar-refractivity contribution in [1.29, 1.82) is 0 Å². The minimum atomic E-state index is -0.348. The van der Waals surface area contributed by atoms with Gasteiger partial charge in [-0.05, 0) is 37.6 Å². The number of amides is 1. The average Bonchev–Trinajstić information content (AvgIpc) is 3.11. The number of aromatic nitrogens is 2. The number of nitrogens with zero attached hydrogens (tertiary/aromatic N) is 2. The van der Waals surface area contributed by atoms with Crippen LogP contribution in [0, 0.1) is 6.92 Å². The molecule has 0 aliphatic heterocycles. The summed E-state index contributed by atoms with van der Waals surface area (Å²) in [6.07, 6.45) is 0. The van der Waals surface area contributed by atoms with Gasteiger partial charge in [-0.3, -0.25) is 9.89 Å². The van der Waals surface area contributed by atoms with Gasteiger partial charge in [0.25, 0.3) is 5.91 Å². The zero-order chi connectivity index (χ0) is 17.8. The van der Waals surface area contributed by atoms with Crippen molar-refractivity contribution in [2.45, 2.75) is 13.8 Å². The van der Waals surface area contributed by atoms with Crippen molar-refractivity contribution >= 4 is 23.2 Å². The minimum Gasteiger partial charge on any atom is -0.272 e. The number of rotatable bonds is 4. The smallest absolute Gasteiger partial charge is 0.272 e. The number of aryl methyl sites for hydroxylation is 1. The molecule has 126 valence electrons. The van der Waals surface area contributed by atoms with Crippen molar-refractivity contribution in [3.05, 3.63) is 76.4 Å². The van der Waals surface area contributed by atoms with E-state index in [2.05, 4.69) is 20.7 Å². The number of carbonyl (C=O) groups excluding carboxylic acids is 1. The van der Waals surface area contributed by atoms with Crippen LogP contribution in [-0.2, 0) is 0 Å². The minimum absolute atomic E-state index is 0.348. The van der Waals surface area contributed by atoms with Crippen LogP contribution >= 0.6 is 11.6 Å². The summed E-state index contributed by atoms with van der Waals surface area (Å²) in [6, 6.07) is 16.9. The van der Waals surface area contributed by atoms with E-state index in [1.54, 1.807) is 18.2 Å². The fourth-order valence-electron chi connectivity index (χ4n) is 2.26. The lowest BCUT2D eigenvalue weighted by atomic mass is 10.1. The molecule has 1 amide bonds. The van der Waals surface area contributed by atoms with Crippen molar-refractivity contribution in [1.82, 2.24) is 15.6 Å². The maximum Gasteiger partial charge on any atom is 0.289 e. The molecule has 0 unspecified atom stereocenters. The first-order valence-electron chi connectivity index (χ1n) is 7.76. The second-order valence-corrected chi connectivity index (χ2v) is 6.11. The van der Waals surface area contributed by atoms with Crippen LogP contribution in [0.25, 0.3) is 11.3 Å². The molecule has 0 spiro atoms. The third-order valence-electron chi connectivity index (χ3n) is 3.76. The number of carbonyl (C=O) groups is 1. The first-order valence-corrected chi connectivity index (χ1v) is 8.14. The molecular weight excluding hydrogens is 336 g/mol. The van der Waals surface area contributed by atoms with Crippen molar-refractivity contribution in [2.24, 2.45) is 5.10 Å². The van der Waals surface area contributed by atoms with Crippen LogP contribution in [0.3, 0.4) is 0 Å². The van der Waals surface area contributed by atoms with Crippen LogP contribution in [0.1, 0.15) is 28.5 Å². The number of halogens is 1. The second kappa shape index (κ2) is 7.32. The van der Waals surface area contributed by atoms with Crippen LogP contribution in [0.2, 0.25) is 5.02 Å². The molecule has 1 heterocycles. The Labute approximate surface area is 150 Å². The maximum absolute atomic E-state index is 12.2. The summed E-state index contributed by atoms with van der Waals surface area (Å²) in [5.41, 5.74) is 7.28. The average molecular weight is 353 g/mol. The molecule has 2 aromatic carbocycles. The van der Waals surface area contributed by atoms with Gasteiger partial charge in [-0.2, -0.15) is 10.2 Å². The highest BCUT2D eigenvalue weighted by atomic mass is 35.5. The van der Waals surface area contributed by atoms with Gasteiger partial charge in [0, 0.05) is 10.6 Å². The molecule has 25 heavy (non-hydrogen) atoms. The number of benzene rings is 2. The Morgan fingerprint density at radius 3 is 2.48 bits per heavy atom. The van der Waals surface area contributed by atoms with Crippen LogP contribution in [0.15, 0.2) is 59.7 Å². The van der Waals surface area contributed by atoms with E-state index in [0.29, 0.717) is 22.1 Å². The molecule has 0 atom stereocenters. The van der Waals surface area contributed by atoms with Gasteiger partial charge in [-0.15, -0.1) is 0 Å². The standard InChI is InChI=1S/C19H17ClN4O/c1-12-3-5-15(6-4-12)17-11-18(23-22-17)19(25)24-21-13(2)14-7-9-16(20)10-8-14/h3-11H,1-2H3,(H,22,23)(H,24,25)/b21-13-. The maximum atomic E-state index is 12.2. The molecule has 2 N–H and O–H groups in total. The highest BCUT2D eigenvalue weighted by Crippen LogP contribution is 2.18. The molecule has 1 aromatic heterocycles. The van der Waals surface area contributed by atoms with Crippen LogP contribution in [0.4, 0.5) is 0 Å². The highest BCUT2D eigenvalue weighted by Gasteiger charge is 2.10. The van der Waals surface area contributed by atoms with Gasteiger partial charge >= 0.3 is 0 Å². The lowest BCUT2D eigenvalue weighted by Gasteiger charge is -2.02. The predicted octanol–water partition coefficient (Wildman–Crippen LogP) is 4.19. The van der Waals surface area contributed by atoms with Gasteiger partial charge in [0.2, 0.25) is 0 Å². The Balaban J connectivity index is 1.70. The zero-order valence-electron chi connectivity index (χ0n) is 13.9. The van der Waals surface area contributed by atoms with Crippen molar-refractivity contribution in [2.75, 3.05) is 0 Å². The topological polar surface area (TPSA) is 70.1 Å². The van der Waals surface area contributed by atoms with Gasteiger partial charge in [0.1, 0.15) is 5.69 Å². The summed E-state index contributed by atoms with van der Waals surface area (Å²) in [7, 11) is 0. The van der Waals surface area contributed by atoms with Gasteiger partial charge in [0.15, 0.2) is 0 Å². The van der Waals surface area contributed by atoms with Crippen LogP contribution < -0.4 is 5.43 Å². The molecule has 0 saturated carbocycles. The quantitative estimate of drug-likeness (QED) is 0.546. The van der Waals surface area contributed by atoms with Gasteiger partial charge < -0.3 is 0 Å². The van der Waals surface area contributed by atoms with E-state index in [4.69, 9.17) is 11.6 Å². The molecule has 6 heteroatoms. The fraction of sp³-hybridized carbons (Fsp3) is 0.105. The number of nitrogens with one attached hydrogen (secondary N) is 2. The van der Waals surface area contributed by atoms with Crippen molar-refractivity contribution < 1.29 is 4.79 Å². The summed E-state index contributed by atoms with van der Waals surface area (Å²) in [5.74, 6) is -0.348.